The van der Waals surface area contributed by atoms with Crippen LogP contribution in [0.1, 0.15) is 24.0 Å². The van der Waals surface area contributed by atoms with Gasteiger partial charge in [0.15, 0.2) is 0 Å². The van der Waals surface area contributed by atoms with E-state index >= 15 is 0 Å². The molecule has 3 rings (SSSR count). The predicted octanol–water partition coefficient (Wildman–Crippen LogP) is 2.86. The molecule has 0 radical (unpaired) electrons. The first-order valence-corrected chi connectivity index (χ1v) is 9.08. The largest absolute Gasteiger partial charge is 0.352 e. The van der Waals surface area contributed by atoms with Crippen molar-refractivity contribution in [3.05, 3.63) is 70.7 Å². The van der Waals surface area contributed by atoms with Crippen LogP contribution in [0.15, 0.2) is 54.6 Å². The summed E-state index contributed by atoms with van der Waals surface area (Å²) in [4.78, 5) is 37.8. The van der Waals surface area contributed by atoms with Gasteiger partial charge in [-0.15, -0.1) is 0 Å². The van der Waals surface area contributed by atoms with Crippen molar-refractivity contribution in [1.29, 1.82) is 0 Å². The van der Waals surface area contributed by atoms with Crippen molar-refractivity contribution in [1.82, 2.24) is 15.5 Å². The number of amides is 4. The van der Waals surface area contributed by atoms with Gasteiger partial charge in [0.05, 0.1) is 6.54 Å². The third-order valence-corrected chi connectivity index (χ3v) is 4.75. The topological polar surface area (TPSA) is 78.5 Å². The van der Waals surface area contributed by atoms with Crippen molar-refractivity contribution < 1.29 is 14.4 Å². The maximum absolute atomic E-state index is 12.5. The average molecular weight is 386 g/mol. The zero-order valence-corrected chi connectivity index (χ0v) is 15.4. The smallest absolute Gasteiger partial charge is 0.325 e. The first-order chi connectivity index (χ1) is 13.0. The van der Waals surface area contributed by atoms with E-state index in [1.807, 2.05) is 48.5 Å². The minimum atomic E-state index is -0.674. The molecule has 0 unspecified atom stereocenters. The van der Waals surface area contributed by atoms with Gasteiger partial charge in [-0.1, -0.05) is 60.1 Å². The molecule has 6 nitrogen and oxygen atoms in total. The van der Waals surface area contributed by atoms with Gasteiger partial charge in [0, 0.05) is 18.0 Å². The Morgan fingerprint density at radius 1 is 1.07 bits per heavy atom. The van der Waals surface area contributed by atoms with Crippen LogP contribution in [0.2, 0.25) is 5.02 Å². The molecule has 27 heavy (non-hydrogen) atoms. The molecular formula is C20H20ClN3O3. The Hall–Kier alpha value is -2.86. The number of hydrogen-bond donors (Lipinski definition) is 2. The standard InChI is InChI=1S/C20H20ClN3O3/c21-16-9-5-4-8-15(16)12-22-18(25)11-10-17-19(26)24(20(27)23-17)13-14-6-2-1-3-7-14/h1-9,17H,10-13H2,(H,22,25)(H,23,27)/t17-/m0/s1. The molecule has 1 atom stereocenters. The molecule has 0 spiro atoms. The summed E-state index contributed by atoms with van der Waals surface area (Å²) < 4.78 is 0. The summed E-state index contributed by atoms with van der Waals surface area (Å²) in [6.45, 7) is 0.546. The molecule has 0 aliphatic carbocycles. The summed E-state index contributed by atoms with van der Waals surface area (Å²) in [6, 6.07) is 15.5. The van der Waals surface area contributed by atoms with Crippen LogP contribution in [0.4, 0.5) is 4.79 Å². The highest BCUT2D eigenvalue weighted by Gasteiger charge is 2.37. The van der Waals surface area contributed by atoms with Gasteiger partial charge in [0.2, 0.25) is 5.91 Å². The number of nitrogens with one attached hydrogen (secondary N) is 2. The van der Waals surface area contributed by atoms with Crippen molar-refractivity contribution in [3.8, 4) is 0 Å². The van der Waals surface area contributed by atoms with Crippen molar-refractivity contribution in [3.63, 3.8) is 0 Å². The molecule has 2 aromatic rings. The van der Waals surface area contributed by atoms with Crippen LogP contribution in [-0.4, -0.2) is 28.8 Å². The lowest BCUT2D eigenvalue weighted by molar-refractivity contribution is -0.128. The van der Waals surface area contributed by atoms with E-state index in [1.165, 1.54) is 4.90 Å². The van der Waals surface area contributed by atoms with Crippen LogP contribution in [0, 0.1) is 0 Å². The molecule has 140 valence electrons. The molecule has 1 aliphatic heterocycles. The summed E-state index contributed by atoms with van der Waals surface area (Å²) in [5.74, 6) is -0.499. The second-order valence-corrected chi connectivity index (χ2v) is 6.73. The maximum atomic E-state index is 12.5. The van der Waals surface area contributed by atoms with E-state index in [0.29, 0.717) is 11.6 Å². The molecular weight excluding hydrogens is 366 g/mol. The van der Waals surface area contributed by atoms with Crippen LogP contribution < -0.4 is 10.6 Å². The number of hydrogen-bond acceptors (Lipinski definition) is 3. The number of benzene rings is 2. The minimum absolute atomic E-state index is 0.139. The normalized spacial score (nSPS) is 16.3. The lowest BCUT2D eigenvalue weighted by Gasteiger charge is -2.13. The van der Waals surface area contributed by atoms with Gasteiger partial charge in [-0.3, -0.25) is 14.5 Å². The molecule has 1 aliphatic rings. The van der Waals surface area contributed by atoms with Gasteiger partial charge >= 0.3 is 6.03 Å². The summed E-state index contributed by atoms with van der Waals surface area (Å²) in [6.07, 6.45) is 0.393. The number of nitrogens with zero attached hydrogens (tertiary/aromatic N) is 1. The fraction of sp³-hybridized carbons (Fsp3) is 0.250. The first-order valence-electron chi connectivity index (χ1n) is 8.70. The number of imide groups is 1. The van der Waals surface area contributed by atoms with E-state index in [4.69, 9.17) is 11.6 Å². The third-order valence-electron chi connectivity index (χ3n) is 4.38. The number of carbonyl (C=O) groups is 3. The Kier molecular flexibility index (Phi) is 6.08. The van der Waals surface area contributed by atoms with Crippen molar-refractivity contribution >= 4 is 29.4 Å². The van der Waals surface area contributed by atoms with Gasteiger partial charge < -0.3 is 10.6 Å². The van der Waals surface area contributed by atoms with Crippen LogP contribution in [0.3, 0.4) is 0 Å². The number of urea groups is 1. The summed E-state index contributed by atoms with van der Waals surface area (Å²) >= 11 is 6.06. The molecule has 2 N–H and O–H groups in total. The van der Waals surface area contributed by atoms with Gasteiger partial charge in [0.1, 0.15) is 6.04 Å². The van der Waals surface area contributed by atoms with Gasteiger partial charge in [-0.2, -0.15) is 0 Å². The summed E-state index contributed by atoms with van der Waals surface area (Å²) in [7, 11) is 0. The van der Waals surface area contributed by atoms with Crippen LogP contribution in [0.5, 0.6) is 0 Å². The number of carbonyl (C=O) groups excluding carboxylic acids is 3. The fourth-order valence-electron chi connectivity index (χ4n) is 2.89. The van der Waals surface area contributed by atoms with Crippen molar-refractivity contribution in [2.24, 2.45) is 0 Å². The molecule has 4 amide bonds. The molecule has 1 heterocycles. The molecule has 1 fully saturated rings. The predicted molar refractivity (Wildman–Crippen MR) is 102 cm³/mol. The lowest BCUT2D eigenvalue weighted by Crippen LogP contribution is -2.32. The van der Waals surface area contributed by atoms with E-state index in [9.17, 15) is 14.4 Å². The molecule has 1 saturated heterocycles. The van der Waals surface area contributed by atoms with Gasteiger partial charge in [-0.25, -0.2) is 4.79 Å². The van der Waals surface area contributed by atoms with E-state index in [-0.39, 0.29) is 31.2 Å². The Morgan fingerprint density at radius 3 is 2.52 bits per heavy atom. The van der Waals surface area contributed by atoms with E-state index in [0.717, 1.165) is 11.1 Å². The van der Waals surface area contributed by atoms with E-state index < -0.39 is 12.1 Å². The van der Waals surface area contributed by atoms with Crippen molar-refractivity contribution in [2.45, 2.75) is 32.0 Å². The Bertz CT molecular complexity index is 841. The SMILES string of the molecule is O=C(CC[C@@H]1NC(=O)N(Cc2ccccc2)C1=O)NCc1ccccc1Cl. The number of rotatable bonds is 7. The van der Waals surface area contributed by atoms with Crippen LogP contribution >= 0.6 is 11.6 Å². The third kappa shape index (κ3) is 4.86. The monoisotopic (exact) mass is 385 g/mol. The first kappa shape index (κ1) is 18.9. The lowest BCUT2D eigenvalue weighted by atomic mass is 10.1. The van der Waals surface area contributed by atoms with Crippen molar-refractivity contribution in [2.75, 3.05) is 0 Å². The summed E-state index contributed by atoms with van der Waals surface area (Å²) in [5, 5.41) is 6.02. The molecule has 0 bridgehead atoms. The Morgan fingerprint density at radius 2 is 1.78 bits per heavy atom. The second kappa shape index (κ2) is 8.68. The molecule has 2 aromatic carbocycles. The van der Waals surface area contributed by atoms with Gasteiger partial charge in [0.25, 0.3) is 5.91 Å². The quantitative estimate of drug-likeness (QED) is 0.719. The van der Waals surface area contributed by atoms with Crippen LogP contribution in [-0.2, 0) is 22.7 Å². The minimum Gasteiger partial charge on any atom is -0.352 e. The average Bonchev–Trinajstić information content (AvgIpc) is 2.94. The van der Waals surface area contributed by atoms with Gasteiger partial charge in [-0.05, 0) is 23.6 Å². The number of halogens is 1. The van der Waals surface area contributed by atoms with E-state index in [1.54, 1.807) is 6.07 Å². The fourth-order valence-corrected chi connectivity index (χ4v) is 3.09. The van der Waals surface area contributed by atoms with Crippen LogP contribution in [0.25, 0.3) is 0 Å². The zero-order chi connectivity index (χ0) is 19.2. The summed E-state index contributed by atoms with van der Waals surface area (Å²) in [5.41, 5.74) is 1.70. The Balaban J connectivity index is 1.48. The zero-order valence-electron chi connectivity index (χ0n) is 14.7. The highest BCUT2D eigenvalue weighted by Crippen LogP contribution is 2.16. The molecule has 0 saturated carbocycles. The second-order valence-electron chi connectivity index (χ2n) is 6.32. The Labute approximate surface area is 162 Å². The van der Waals surface area contributed by atoms with E-state index in [2.05, 4.69) is 10.6 Å². The maximum Gasteiger partial charge on any atom is 0.325 e. The highest BCUT2D eigenvalue weighted by atomic mass is 35.5. The molecule has 0 aromatic heterocycles. The highest BCUT2D eigenvalue weighted by molar-refractivity contribution is 6.31. The molecule has 7 heteroatoms.